The first-order valence-electron chi connectivity index (χ1n) is 20.8. The fourth-order valence-corrected chi connectivity index (χ4v) is 5.70. The van der Waals surface area contributed by atoms with Crippen molar-refractivity contribution in [2.24, 2.45) is 0 Å². The van der Waals surface area contributed by atoms with Crippen LogP contribution < -0.4 is 0 Å². The van der Waals surface area contributed by atoms with Gasteiger partial charge in [0.2, 0.25) is 0 Å². The van der Waals surface area contributed by atoms with Gasteiger partial charge in [-0.05, 0) is 84.2 Å². The molecule has 0 fully saturated rings. The molecule has 1 heterocycles. The number of hydrogen-bond acceptors (Lipinski definition) is 1. The van der Waals surface area contributed by atoms with E-state index in [-0.39, 0.29) is 60.2 Å². The van der Waals surface area contributed by atoms with Gasteiger partial charge in [-0.25, -0.2) is 0 Å². The molecule has 9 aromatic rings. The average Bonchev–Trinajstić information content (AvgIpc) is 3.59. The molecule has 0 radical (unpaired) electrons. The van der Waals surface area contributed by atoms with Crippen molar-refractivity contribution in [1.82, 2.24) is 0 Å². The molecule has 0 unspecified atom stereocenters. The smallest absolute Gasteiger partial charge is 0.143 e. The molecule has 0 aliphatic carbocycles. The predicted molar refractivity (Wildman–Crippen MR) is 175 cm³/mol. The first-order chi connectivity index (χ1) is 27.0. The number of hydrogen-bond donors (Lipinski definition) is 0. The van der Waals surface area contributed by atoms with E-state index in [2.05, 4.69) is 0 Å². The highest BCUT2D eigenvalue weighted by Gasteiger charge is 2.20. The zero-order chi connectivity index (χ0) is 40.8. The standard InChI is InChI=1S/C40H24O/c1-2-10-25(11-3-1)29-23-36(39-34-21-19-27-13-5-9-17-32(27)40(34)41-37(39)24-29)38-31-16-8-6-14-28(31)22-35-30-15-7-4-12-26(30)18-20-33(35)38/h1-24H/i1D,2D,3D,4D,6D,7D,8D,10D,11D,12D,14D,15D,16D,18D,20D,22D. The highest BCUT2D eigenvalue weighted by Crippen LogP contribution is 2.46. The van der Waals surface area contributed by atoms with Crippen LogP contribution in [-0.2, 0) is 0 Å². The number of rotatable bonds is 2. The van der Waals surface area contributed by atoms with Crippen LogP contribution in [0.3, 0.4) is 0 Å². The molecule has 0 amide bonds. The summed E-state index contributed by atoms with van der Waals surface area (Å²) in [4.78, 5) is 0. The molecule has 0 aliphatic heterocycles. The van der Waals surface area contributed by atoms with Gasteiger partial charge in [0.1, 0.15) is 11.2 Å². The van der Waals surface area contributed by atoms with E-state index >= 15 is 0 Å². The van der Waals surface area contributed by atoms with E-state index in [9.17, 15) is 4.11 Å². The number of fused-ring (bicyclic) bond motifs is 9. The molecule has 0 N–H and O–H groups in total. The minimum atomic E-state index is -0.682. The van der Waals surface area contributed by atoms with Gasteiger partial charge in [0, 0.05) is 16.2 Å². The Morgan fingerprint density at radius 2 is 1.27 bits per heavy atom. The SMILES string of the molecule is [2H]c1c([2H])c([2H])c(-c2cc(-c3c4c([2H])c([2H])c([2H])c([2H])c4c([2H])c4c3c([2H])c([2H])c3c([2H])c([2H])c([2H])c([2H])c34)c3c(c2)oc2c4ccccc4ccc23)c([2H])c1[2H]. The minimum absolute atomic E-state index is 0.0512. The molecule has 41 heavy (non-hydrogen) atoms. The summed E-state index contributed by atoms with van der Waals surface area (Å²) >= 11 is 0. The van der Waals surface area contributed by atoms with Crippen LogP contribution in [0.15, 0.2) is 150 Å². The van der Waals surface area contributed by atoms with Crippen molar-refractivity contribution in [1.29, 1.82) is 0 Å². The zero-order valence-electron chi connectivity index (χ0n) is 37.0. The second-order valence-corrected chi connectivity index (χ2v) is 9.66. The van der Waals surface area contributed by atoms with Crippen molar-refractivity contribution >= 4 is 65.0 Å². The Bertz CT molecular complexity index is 3340. The molecule has 9 rings (SSSR count). The third-order valence-electron chi connectivity index (χ3n) is 7.46. The molecule has 0 saturated carbocycles. The zero-order valence-corrected chi connectivity index (χ0v) is 21.0. The first-order valence-corrected chi connectivity index (χ1v) is 12.8. The Morgan fingerprint density at radius 3 is 2.17 bits per heavy atom. The Balaban J connectivity index is 1.65. The monoisotopic (exact) mass is 536 g/mol. The summed E-state index contributed by atoms with van der Waals surface area (Å²) in [6, 6.07) is 4.09. The first kappa shape index (κ1) is 12.0. The summed E-state index contributed by atoms with van der Waals surface area (Å²) in [6.07, 6.45) is 0. The largest absolute Gasteiger partial charge is 0.455 e. The van der Waals surface area contributed by atoms with Crippen LogP contribution in [0.2, 0.25) is 0 Å². The van der Waals surface area contributed by atoms with Gasteiger partial charge >= 0.3 is 0 Å². The number of benzene rings is 8. The summed E-state index contributed by atoms with van der Waals surface area (Å²) in [6.45, 7) is 0. The third kappa shape index (κ3) is 3.30. The summed E-state index contributed by atoms with van der Waals surface area (Å²) in [7, 11) is 0. The lowest BCUT2D eigenvalue weighted by molar-refractivity contribution is 0.673. The van der Waals surface area contributed by atoms with Gasteiger partial charge in [-0.2, -0.15) is 0 Å². The fraction of sp³-hybridized carbons (Fsp3) is 0. The highest BCUT2D eigenvalue weighted by atomic mass is 16.3. The van der Waals surface area contributed by atoms with Gasteiger partial charge in [-0.1, -0.05) is 121 Å². The summed E-state index contributed by atoms with van der Waals surface area (Å²) in [5, 5.41) is 0.651. The Labute approximate surface area is 259 Å². The van der Waals surface area contributed by atoms with E-state index in [1.165, 1.54) is 12.1 Å². The molecule has 190 valence electrons. The van der Waals surface area contributed by atoms with Crippen LogP contribution in [0.4, 0.5) is 0 Å². The van der Waals surface area contributed by atoms with Crippen molar-refractivity contribution < 1.29 is 26.3 Å². The maximum atomic E-state index is 9.52. The average molecular weight is 537 g/mol. The van der Waals surface area contributed by atoms with Crippen LogP contribution in [0, 0.1) is 0 Å². The van der Waals surface area contributed by atoms with Crippen LogP contribution in [-0.4, -0.2) is 0 Å². The highest BCUT2D eigenvalue weighted by molar-refractivity contribution is 6.26. The van der Waals surface area contributed by atoms with Crippen molar-refractivity contribution in [3.8, 4) is 22.3 Å². The molecule has 8 aromatic carbocycles. The fourth-order valence-electron chi connectivity index (χ4n) is 5.70. The molecular formula is C40H24O. The molecular weight excluding hydrogens is 496 g/mol. The molecule has 1 aromatic heterocycles. The van der Waals surface area contributed by atoms with Gasteiger partial charge in [0.15, 0.2) is 0 Å². The van der Waals surface area contributed by atoms with E-state index in [4.69, 9.17) is 22.2 Å². The van der Waals surface area contributed by atoms with E-state index in [0.29, 0.717) is 21.7 Å². The van der Waals surface area contributed by atoms with Gasteiger partial charge in [0.25, 0.3) is 0 Å². The van der Waals surface area contributed by atoms with Crippen molar-refractivity contribution in [2.75, 3.05) is 0 Å². The second-order valence-electron chi connectivity index (χ2n) is 9.66. The molecule has 0 aliphatic rings. The van der Waals surface area contributed by atoms with E-state index in [0.717, 1.165) is 5.39 Å². The van der Waals surface area contributed by atoms with Gasteiger partial charge in [0.05, 0.1) is 21.9 Å². The Kier molecular flexibility index (Phi) is 2.50. The van der Waals surface area contributed by atoms with E-state index in [1.807, 2.05) is 30.3 Å². The quantitative estimate of drug-likeness (QED) is 0.158. The van der Waals surface area contributed by atoms with Crippen molar-refractivity contribution in [2.45, 2.75) is 0 Å². The topological polar surface area (TPSA) is 13.1 Å². The minimum Gasteiger partial charge on any atom is -0.455 e. The summed E-state index contributed by atoms with van der Waals surface area (Å²) in [5.41, 5.74) is 0.353. The Morgan fingerprint density at radius 1 is 0.488 bits per heavy atom. The molecule has 0 saturated heterocycles. The summed E-state index contributed by atoms with van der Waals surface area (Å²) in [5.74, 6) is 0. The van der Waals surface area contributed by atoms with Crippen molar-refractivity contribution in [3.63, 3.8) is 0 Å². The predicted octanol–water partition coefficient (Wildman–Crippen LogP) is 11.5. The molecule has 1 nitrogen and oxygen atoms in total. The summed E-state index contributed by atoms with van der Waals surface area (Å²) < 4.78 is 148. The molecule has 0 atom stereocenters. The maximum absolute atomic E-state index is 9.52. The second kappa shape index (κ2) is 8.55. The lowest BCUT2D eigenvalue weighted by Crippen LogP contribution is -1.89. The van der Waals surface area contributed by atoms with Gasteiger partial charge in [-0.15, -0.1) is 0 Å². The normalized spacial score (nSPS) is 17.4. The number of furan rings is 1. The lowest BCUT2D eigenvalue weighted by atomic mass is 9.86. The van der Waals surface area contributed by atoms with Gasteiger partial charge < -0.3 is 4.42 Å². The molecule has 1 heteroatoms. The molecule has 0 bridgehead atoms. The van der Waals surface area contributed by atoms with Crippen LogP contribution in [0.25, 0.3) is 87.3 Å². The third-order valence-corrected chi connectivity index (χ3v) is 7.46. The van der Waals surface area contributed by atoms with Crippen LogP contribution in [0.1, 0.15) is 21.9 Å². The van der Waals surface area contributed by atoms with Crippen molar-refractivity contribution in [3.05, 3.63) is 145 Å². The maximum Gasteiger partial charge on any atom is 0.143 e. The van der Waals surface area contributed by atoms with Gasteiger partial charge in [-0.3, -0.25) is 0 Å². The van der Waals surface area contributed by atoms with E-state index in [1.54, 1.807) is 6.07 Å². The molecule has 0 spiro atoms. The Hall–Kier alpha value is -5.40. The van der Waals surface area contributed by atoms with Crippen LogP contribution >= 0.6 is 0 Å². The lowest BCUT2D eigenvalue weighted by Gasteiger charge is -2.16. The van der Waals surface area contributed by atoms with E-state index < -0.39 is 96.7 Å². The van der Waals surface area contributed by atoms with Crippen LogP contribution in [0.5, 0.6) is 0 Å².